The van der Waals surface area contributed by atoms with Crippen LogP contribution in [0.1, 0.15) is 17.9 Å². The van der Waals surface area contributed by atoms with E-state index in [1.165, 1.54) is 12.3 Å². The normalized spacial score (nSPS) is 8.00. The molecule has 1 rings (SSSR count). The number of aromatic carboxylic acids is 1. The van der Waals surface area contributed by atoms with Crippen LogP contribution in [0, 0.1) is 0 Å². The fourth-order valence-electron chi connectivity index (χ4n) is 0.489. The van der Waals surface area contributed by atoms with Crippen LogP contribution in [0.2, 0.25) is 0 Å². The first-order chi connectivity index (χ1) is 4.30. The molecule has 0 atom stereocenters. The van der Waals surface area contributed by atoms with Crippen molar-refractivity contribution in [2.24, 2.45) is 0 Å². The molecule has 0 unspecified atom stereocenters. The third kappa shape index (κ3) is 1.85. The second-order valence-corrected chi connectivity index (χ2v) is 1.52. The van der Waals surface area contributed by atoms with Gasteiger partial charge in [0.1, 0.15) is 5.69 Å². The van der Waals surface area contributed by atoms with Crippen molar-refractivity contribution in [3.8, 4) is 0 Å². The Morgan fingerprint density at radius 1 is 1.50 bits per heavy atom. The predicted molar refractivity (Wildman–Crippen MR) is 37.9 cm³/mol. The van der Waals surface area contributed by atoms with Gasteiger partial charge in [-0.3, -0.25) is 0 Å². The van der Waals surface area contributed by atoms with Gasteiger partial charge in [-0.2, -0.15) is 0 Å². The van der Waals surface area contributed by atoms with E-state index < -0.39 is 5.97 Å². The Bertz CT molecular complexity index is 208. The van der Waals surface area contributed by atoms with Gasteiger partial charge in [0.15, 0.2) is 0 Å². The minimum absolute atomic E-state index is 0. The molecule has 1 aromatic heterocycles. The number of carboxylic acids is 1. The highest BCUT2D eigenvalue weighted by Crippen LogP contribution is 1.90. The Morgan fingerprint density at radius 2 is 2.20 bits per heavy atom. The summed E-state index contributed by atoms with van der Waals surface area (Å²) in [5.41, 5.74) is 0.0810. The Kier molecular flexibility index (Phi) is 3.11. The molecule has 0 saturated heterocycles. The lowest BCUT2D eigenvalue weighted by Gasteiger charge is -1.87. The molecule has 0 saturated carbocycles. The van der Waals surface area contributed by atoms with Crippen molar-refractivity contribution in [3.63, 3.8) is 0 Å². The molecule has 0 aliphatic rings. The van der Waals surface area contributed by atoms with Crippen LogP contribution in [-0.4, -0.2) is 16.1 Å². The highest BCUT2D eigenvalue weighted by molar-refractivity contribution is 5.85. The number of rotatable bonds is 1. The highest BCUT2D eigenvalue weighted by Gasteiger charge is 1.98. The summed E-state index contributed by atoms with van der Waals surface area (Å²) in [6.07, 6.45) is 1.45. The quantitative estimate of drug-likeness (QED) is 0.640. The van der Waals surface area contributed by atoms with Gasteiger partial charge in [0.05, 0.1) is 0 Å². The maximum Gasteiger partial charge on any atom is 0.354 e. The molecular weight excluding hydrogens is 130 g/mol. The number of hydrogen-bond acceptors (Lipinski definition) is 2. The number of carboxylic acid groups (broad SMARTS) is 1. The zero-order valence-electron chi connectivity index (χ0n) is 4.61. The van der Waals surface area contributed by atoms with Gasteiger partial charge < -0.3 is 5.11 Å². The van der Waals surface area contributed by atoms with E-state index in [1.807, 2.05) is 0 Å². The van der Waals surface area contributed by atoms with Crippen LogP contribution < -0.4 is 0 Å². The summed E-state index contributed by atoms with van der Waals surface area (Å²) in [6.45, 7) is 0. The zero-order valence-corrected chi connectivity index (χ0v) is 4.61. The molecule has 0 aromatic carbocycles. The van der Waals surface area contributed by atoms with Crippen molar-refractivity contribution in [2.45, 2.75) is 7.43 Å². The summed E-state index contributed by atoms with van der Waals surface area (Å²) in [4.78, 5) is 13.7. The van der Waals surface area contributed by atoms with Gasteiger partial charge in [-0.05, 0) is 12.1 Å². The second-order valence-electron chi connectivity index (χ2n) is 1.52. The third-order valence-corrected chi connectivity index (χ3v) is 0.884. The van der Waals surface area contributed by atoms with E-state index in [1.54, 1.807) is 12.1 Å². The predicted octanol–water partition coefficient (Wildman–Crippen LogP) is 1.42. The molecule has 0 aliphatic carbocycles. The van der Waals surface area contributed by atoms with Crippen molar-refractivity contribution in [1.82, 2.24) is 4.98 Å². The first kappa shape index (κ1) is 8.62. The maximum atomic E-state index is 10.1. The van der Waals surface area contributed by atoms with Crippen LogP contribution in [0.15, 0.2) is 24.4 Å². The molecule has 3 heteroatoms. The van der Waals surface area contributed by atoms with Crippen LogP contribution in [0.3, 0.4) is 0 Å². The van der Waals surface area contributed by atoms with E-state index in [-0.39, 0.29) is 13.1 Å². The molecule has 0 bridgehead atoms. The van der Waals surface area contributed by atoms with Gasteiger partial charge in [-0.25, -0.2) is 9.78 Å². The average molecular weight is 139 g/mol. The zero-order chi connectivity index (χ0) is 6.69. The fraction of sp³-hybridized carbons (Fsp3) is 0.143. The number of carbonyl (C=O) groups is 1. The van der Waals surface area contributed by atoms with Gasteiger partial charge in [0, 0.05) is 6.20 Å². The summed E-state index contributed by atoms with van der Waals surface area (Å²) in [5, 5.41) is 8.32. The highest BCUT2D eigenvalue weighted by atomic mass is 16.4. The van der Waals surface area contributed by atoms with E-state index in [0.717, 1.165) is 0 Å². The molecule has 0 fully saturated rings. The summed E-state index contributed by atoms with van der Waals surface area (Å²) in [6, 6.07) is 4.76. The average Bonchev–Trinajstić information content (AvgIpc) is 1.90. The molecule has 0 radical (unpaired) electrons. The Hall–Kier alpha value is -1.38. The van der Waals surface area contributed by atoms with E-state index in [0.29, 0.717) is 0 Å². The Balaban J connectivity index is 0.000000810. The van der Waals surface area contributed by atoms with Crippen molar-refractivity contribution in [3.05, 3.63) is 30.1 Å². The first-order valence-electron chi connectivity index (χ1n) is 2.45. The molecule has 10 heavy (non-hydrogen) atoms. The van der Waals surface area contributed by atoms with Gasteiger partial charge in [-0.15, -0.1) is 0 Å². The summed E-state index contributed by atoms with van der Waals surface area (Å²) >= 11 is 0. The van der Waals surface area contributed by atoms with Crippen LogP contribution in [-0.2, 0) is 0 Å². The molecule has 1 aromatic rings. The Morgan fingerprint density at radius 3 is 2.50 bits per heavy atom. The topological polar surface area (TPSA) is 50.2 Å². The first-order valence-corrected chi connectivity index (χ1v) is 2.45. The minimum atomic E-state index is -0.990. The standard InChI is InChI=1S/C6H5NO2.CH4/c8-6(9)5-3-1-2-4-7-5;/h1-4H,(H,8,9);1H4. The largest absolute Gasteiger partial charge is 0.477 e. The summed E-state index contributed by atoms with van der Waals surface area (Å²) < 4.78 is 0. The molecule has 3 nitrogen and oxygen atoms in total. The molecule has 0 spiro atoms. The molecule has 1 N–H and O–H groups in total. The van der Waals surface area contributed by atoms with E-state index in [9.17, 15) is 4.79 Å². The third-order valence-electron chi connectivity index (χ3n) is 0.884. The van der Waals surface area contributed by atoms with Crippen molar-refractivity contribution in [2.75, 3.05) is 0 Å². The molecule has 0 aliphatic heterocycles. The summed E-state index contributed by atoms with van der Waals surface area (Å²) in [7, 11) is 0. The van der Waals surface area contributed by atoms with Gasteiger partial charge >= 0.3 is 5.97 Å². The fourth-order valence-corrected chi connectivity index (χ4v) is 0.489. The lowest BCUT2D eigenvalue weighted by Crippen LogP contribution is -1.97. The number of aromatic nitrogens is 1. The summed E-state index contributed by atoms with van der Waals surface area (Å²) in [5.74, 6) is -0.990. The number of pyridine rings is 1. The van der Waals surface area contributed by atoms with Crippen molar-refractivity contribution >= 4 is 5.97 Å². The number of hydrogen-bond donors (Lipinski definition) is 1. The van der Waals surface area contributed by atoms with Crippen LogP contribution in [0.5, 0.6) is 0 Å². The molecule has 1 heterocycles. The van der Waals surface area contributed by atoms with E-state index in [4.69, 9.17) is 5.11 Å². The van der Waals surface area contributed by atoms with E-state index in [2.05, 4.69) is 4.98 Å². The van der Waals surface area contributed by atoms with Crippen LogP contribution in [0.4, 0.5) is 0 Å². The monoisotopic (exact) mass is 139 g/mol. The van der Waals surface area contributed by atoms with Crippen LogP contribution >= 0.6 is 0 Å². The molecular formula is C7H9NO2. The van der Waals surface area contributed by atoms with Crippen molar-refractivity contribution in [1.29, 1.82) is 0 Å². The lowest BCUT2D eigenvalue weighted by atomic mass is 10.4. The number of nitrogens with zero attached hydrogens (tertiary/aromatic N) is 1. The van der Waals surface area contributed by atoms with Gasteiger partial charge in [-0.1, -0.05) is 13.5 Å². The van der Waals surface area contributed by atoms with Crippen LogP contribution in [0.25, 0.3) is 0 Å². The molecule has 0 amide bonds. The minimum Gasteiger partial charge on any atom is -0.477 e. The van der Waals surface area contributed by atoms with E-state index >= 15 is 0 Å². The lowest BCUT2D eigenvalue weighted by molar-refractivity contribution is 0.0690. The Labute approximate surface area is 59.3 Å². The smallest absolute Gasteiger partial charge is 0.354 e. The van der Waals surface area contributed by atoms with Gasteiger partial charge in [0.2, 0.25) is 0 Å². The second kappa shape index (κ2) is 3.61. The van der Waals surface area contributed by atoms with Crippen molar-refractivity contribution < 1.29 is 9.90 Å². The SMILES string of the molecule is C.O=C(O)c1ccccn1. The molecule has 54 valence electrons. The maximum absolute atomic E-state index is 10.1. The van der Waals surface area contributed by atoms with Gasteiger partial charge in [0.25, 0.3) is 0 Å².